The summed E-state index contributed by atoms with van der Waals surface area (Å²) >= 11 is 0. The molecule has 0 unspecified atom stereocenters. The van der Waals surface area contributed by atoms with E-state index in [1.54, 1.807) is 0 Å². The van der Waals surface area contributed by atoms with Gasteiger partial charge in [0.05, 0.1) is 0 Å². The molecule has 0 saturated heterocycles. The van der Waals surface area contributed by atoms with Crippen LogP contribution in [0, 0.1) is 5.41 Å². The van der Waals surface area contributed by atoms with E-state index in [2.05, 4.69) is 45.0 Å². The van der Waals surface area contributed by atoms with Gasteiger partial charge in [-0.2, -0.15) is 0 Å². The highest BCUT2D eigenvalue weighted by molar-refractivity contribution is 5.40. The molecule has 0 spiro atoms. The highest BCUT2D eigenvalue weighted by Crippen LogP contribution is 2.47. The van der Waals surface area contributed by atoms with E-state index in [0.29, 0.717) is 0 Å². The van der Waals surface area contributed by atoms with E-state index in [1.807, 2.05) is 0 Å². The van der Waals surface area contributed by atoms with Crippen molar-refractivity contribution in [1.29, 1.82) is 0 Å². The third-order valence-electron chi connectivity index (χ3n) is 3.62. The standard InChI is InChI=1S/C12H17N/c1-11(2)8-9-6-4-5-7-10(9)12(11,3)13/h4-7H,8,13H2,1-3H3/t12-/m0/s1. The van der Waals surface area contributed by atoms with Crippen LogP contribution < -0.4 is 5.73 Å². The molecule has 0 aromatic heterocycles. The van der Waals surface area contributed by atoms with Gasteiger partial charge in [0, 0.05) is 5.54 Å². The number of fused-ring (bicyclic) bond motifs is 1. The maximum atomic E-state index is 6.37. The molecule has 1 aliphatic carbocycles. The number of benzene rings is 1. The van der Waals surface area contributed by atoms with Crippen molar-refractivity contribution in [3.8, 4) is 0 Å². The van der Waals surface area contributed by atoms with Crippen molar-refractivity contribution in [3.05, 3.63) is 35.4 Å². The van der Waals surface area contributed by atoms with Crippen molar-refractivity contribution in [2.45, 2.75) is 32.7 Å². The zero-order chi connectivity index (χ0) is 9.69. The first kappa shape index (κ1) is 8.76. The molecule has 0 fully saturated rings. The molecule has 1 aromatic carbocycles. The van der Waals surface area contributed by atoms with Gasteiger partial charge in [0.25, 0.3) is 0 Å². The predicted molar refractivity (Wildman–Crippen MR) is 55.5 cm³/mol. The summed E-state index contributed by atoms with van der Waals surface area (Å²) in [7, 11) is 0. The van der Waals surface area contributed by atoms with E-state index in [0.717, 1.165) is 6.42 Å². The molecule has 0 amide bonds. The van der Waals surface area contributed by atoms with Gasteiger partial charge >= 0.3 is 0 Å². The summed E-state index contributed by atoms with van der Waals surface area (Å²) in [6, 6.07) is 8.51. The highest BCUT2D eigenvalue weighted by atomic mass is 14.8. The fraction of sp³-hybridized carbons (Fsp3) is 0.500. The molecule has 70 valence electrons. The second-order valence-electron chi connectivity index (χ2n) is 4.92. The molecule has 0 radical (unpaired) electrons. The second kappa shape index (κ2) is 2.36. The molecule has 1 nitrogen and oxygen atoms in total. The third kappa shape index (κ3) is 1.03. The van der Waals surface area contributed by atoms with Crippen molar-refractivity contribution >= 4 is 0 Å². The van der Waals surface area contributed by atoms with E-state index in [-0.39, 0.29) is 11.0 Å². The summed E-state index contributed by atoms with van der Waals surface area (Å²) in [6.07, 6.45) is 1.09. The molecule has 0 saturated carbocycles. The lowest BCUT2D eigenvalue weighted by Crippen LogP contribution is -2.43. The van der Waals surface area contributed by atoms with Gasteiger partial charge in [0.2, 0.25) is 0 Å². The van der Waals surface area contributed by atoms with Crippen molar-refractivity contribution in [2.75, 3.05) is 0 Å². The first-order valence-electron chi connectivity index (χ1n) is 4.82. The molecule has 0 bridgehead atoms. The highest BCUT2D eigenvalue weighted by Gasteiger charge is 2.45. The second-order valence-corrected chi connectivity index (χ2v) is 4.92. The molecule has 1 atom stereocenters. The van der Waals surface area contributed by atoms with E-state index < -0.39 is 0 Å². The SMILES string of the molecule is CC1(C)Cc2ccccc2[C@]1(C)N. The van der Waals surface area contributed by atoms with Crippen LogP contribution in [0.3, 0.4) is 0 Å². The van der Waals surface area contributed by atoms with Gasteiger partial charge in [-0.05, 0) is 29.9 Å². The van der Waals surface area contributed by atoms with E-state index in [1.165, 1.54) is 11.1 Å². The number of rotatable bonds is 0. The Morgan fingerprint density at radius 2 is 1.77 bits per heavy atom. The summed E-state index contributed by atoms with van der Waals surface area (Å²) in [5, 5.41) is 0. The topological polar surface area (TPSA) is 26.0 Å². The monoisotopic (exact) mass is 175 g/mol. The van der Waals surface area contributed by atoms with Crippen molar-refractivity contribution < 1.29 is 0 Å². The minimum absolute atomic E-state index is 0.177. The lowest BCUT2D eigenvalue weighted by molar-refractivity contribution is 0.211. The van der Waals surface area contributed by atoms with E-state index >= 15 is 0 Å². The Balaban J connectivity index is 2.60. The Labute approximate surface area is 80.0 Å². The predicted octanol–water partition coefficient (Wildman–Crippen LogP) is 2.44. The zero-order valence-electron chi connectivity index (χ0n) is 8.59. The van der Waals surface area contributed by atoms with Crippen LogP contribution in [-0.2, 0) is 12.0 Å². The maximum Gasteiger partial charge on any atom is 0.0438 e. The lowest BCUT2D eigenvalue weighted by Gasteiger charge is -2.35. The van der Waals surface area contributed by atoms with Crippen LogP contribution in [0.1, 0.15) is 31.9 Å². The van der Waals surface area contributed by atoms with Gasteiger partial charge in [-0.15, -0.1) is 0 Å². The summed E-state index contributed by atoms with van der Waals surface area (Å²) in [5.74, 6) is 0. The van der Waals surface area contributed by atoms with Crippen molar-refractivity contribution in [2.24, 2.45) is 11.1 Å². The molecule has 1 heteroatoms. The number of hydrogen-bond acceptors (Lipinski definition) is 1. The number of hydrogen-bond donors (Lipinski definition) is 1. The van der Waals surface area contributed by atoms with Gasteiger partial charge in [0.1, 0.15) is 0 Å². The Morgan fingerprint density at radius 3 is 2.38 bits per heavy atom. The minimum atomic E-state index is -0.177. The molecular weight excluding hydrogens is 158 g/mol. The summed E-state index contributed by atoms with van der Waals surface area (Å²) in [4.78, 5) is 0. The van der Waals surface area contributed by atoms with Gasteiger partial charge < -0.3 is 5.73 Å². The molecule has 2 rings (SSSR count). The van der Waals surface area contributed by atoms with Gasteiger partial charge in [0.15, 0.2) is 0 Å². The summed E-state index contributed by atoms with van der Waals surface area (Å²) in [6.45, 7) is 6.62. The van der Waals surface area contributed by atoms with Crippen LogP contribution in [0.15, 0.2) is 24.3 Å². The Hall–Kier alpha value is -0.820. The lowest BCUT2D eigenvalue weighted by atomic mass is 9.75. The average Bonchev–Trinajstić information content (AvgIpc) is 2.20. The van der Waals surface area contributed by atoms with Crippen LogP contribution in [0.2, 0.25) is 0 Å². The Kier molecular flexibility index (Phi) is 1.59. The van der Waals surface area contributed by atoms with Gasteiger partial charge in [-0.25, -0.2) is 0 Å². The Bertz CT molecular complexity index is 337. The molecule has 2 N–H and O–H groups in total. The van der Waals surface area contributed by atoms with E-state index in [4.69, 9.17) is 5.73 Å². The molecule has 13 heavy (non-hydrogen) atoms. The van der Waals surface area contributed by atoms with Gasteiger partial charge in [-0.3, -0.25) is 0 Å². The van der Waals surface area contributed by atoms with Crippen LogP contribution in [0.5, 0.6) is 0 Å². The van der Waals surface area contributed by atoms with Crippen LogP contribution in [0.25, 0.3) is 0 Å². The molecule has 0 heterocycles. The first-order chi connectivity index (χ1) is 5.95. The normalized spacial score (nSPS) is 30.2. The molecule has 0 aliphatic heterocycles. The quantitative estimate of drug-likeness (QED) is 0.644. The van der Waals surface area contributed by atoms with Crippen molar-refractivity contribution in [1.82, 2.24) is 0 Å². The van der Waals surface area contributed by atoms with Crippen LogP contribution >= 0.6 is 0 Å². The zero-order valence-corrected chi connectivity index (χ0v) is 8.59. The average molecular weight is 175 g/mol. The minimum Gasteiger partial charge on any atom is -0.321 e. The first-order valence-corrected chi connectivity index (χ1v) is 4.82. The largest absolute Gasteiger partial charge is 0.321 e. The third-order valence-corrected chi connectivity index (χ3v) is 3.62. The summed E-state index contributed by atoms with van der Waals surface area (Å²) < 4.78 is 0. The van der Waals surface area contributed by atoms with E-state index in [9.17, 15) is 0 Å². The van der Waals surface area contributed by atoms with Crippen LogP contribution in [0.4, 0.5) is 0 Å². The molecule has 1 aromatic rings. The van der Waals surface area contributed by atoms with Crippen LogP contribution in [-0.4, -0.2) is 0 Å². The fourth-order valence-electron chi connectivity index (χ4n) is 2.21. The number of nitrogens with two attached hydrogens (primary N) is 1. The maximum absolute atomic E-state index is 6.37. The van der Waals surface area contributed by atoms with Gasteiger partial charge in [-0.1, -0.05) is 38.1 Å². The smallest absolute Gasteiger partial charge is 0.0438 e. The Morgan fingerprint density at radius 1 is 1.15 bits per heavy atom. The molecule has 1 aliphatic rings. The summed E-state index contributed by atoms with van der Waals surface area (Å²) in [5.41, 5.74) is 9.10. The van der Waals surface area contributed by atoms with Crippen molar-refractivity contribution in [3.63, 3.8) is 0 Å². The molecular formula is C12H17N. The fourth-order valence-corrected chi connectivity index (χ4v) is 2.21.